The van der Waals surface area contributed by atoms with Gasteiger partial charge in [-0.05, 0) is 29.2 Å². The van der Waals surface area contributed by atoms with Crippen LogP contribution in [0.5, 0.6) is 0 Å². The van der Waals surface area contributed by atoms with Crippen molar-refractivity contribution in [1.82, 2.24) is 4.98 Å². The van der Waals surface area contributed by atoms with Crippen molar-refractivity contribution in [3.8, 4) is 11.3 Å². The van der Waals surface area contributed by atoms with E-state index in [0.717, 1.165) is 16.8 Å². The third kappa shape index (κ3) is 2.30. The molecule has 0 aliphatic heterocycles. The van der Waals surface area contributed by atoms with Gasteiger partial charge < -0.3 is 0 Å². The minimum Gasteiger partial charge on any atom is -0.256 e. The molecule has 0 bridgehead atoms. The first kappa shape index (κ1) is 8.51. The number of hydrogen-bond donors (Lipinski definition) is 0. The van der Waals surface area contributed by atoms with Crippen LogP contribution in [-0.4, -0.2) is 4.98 Å². The lowest BCUT2D eigenvalue weighted by molar-refractivity contribution is 0.590. The molecule has 0 saturated heterocycles. The molecule has 0 spiro atoms. The van der Waals surface area contributed by atoms with Crippen molar-refractivity contribution in [2.24, 2.45) is 0 Å². The number of rotatable bonds is 1. The van der Waals surface area contributed by atoms with Crippen molar-refractivity contribution >= 4 is 0 Å². The lowest BCUT2D eigenvalue weighted by atomic mass is 9.86. The van der Waals surface area contributed by atoms with Gasteiger partial charge in [0.05, 0.1) is 8.44 Å². The number of nitrogens with zero attached hydrogens (tertiary/aromatic N) is 1. The van der Waals surface area contributed by atoms with Crippen LogP contribution in [0.15, 0.2) is 48.6 Å². The summed E-state index contributed by atoms with van der Waals surface area (Å²) in [7, 11) is 0. The van der Waals surface area contributed by atoms with E-state index in [1.54, 1.807) is 12.3 Å². The molecule has 1 aromatic carbocycles. The van der Waals surface area contributed by atoms with Gasteiger partial charge in [-0.15, -0.1) is 0 Å². The van der Waals surface area contributed by atoms with Crippen molar-refractivity contribution in [3.63, 3.8) is 0 Å². The van der Waals surface area contributed by atoms with Gasteiger partial charge in [-0.1, -0.05) is 45.0 Å². The first-order valence-corrected chi connectivity index (χ1v) is 5.42. The molecule has 0 fully saturated rings. The topological polar surface area (TPSA) is 12.9 Å². The van der Waals surface area contributed by atoms with Crippen LogP contribution in [0.3, 0.4) is 0 Å². The zero-order valence-electron chi connectivity index (χ0n) is 11.9. The normalized spacial score (nSPS) is 13.2. The molecule has 0 aliphatic rings. The Balaban J connectivity index is 2.50. The highest BCUT2D eigenvalue weighted by Crippen LogP contribution is 2.26. The smallest absolute Gasteiger partial charge is 0.0702 e. The Morgan fingerprint density at radius 3 is 2.62 bits per heavy atom. The van der Waals surface area contributed by atoms with E-state index in [9.17, 15) is 0 Å². The van der Waals surface area contributed by atoms with Gasteiger partial charge in [-0.3, -0.25) is 4.98 Å². The van der Waals surface area contributed by atoms with Gasteiger partial charge in [0.15, 0.2) is 0 Å². The van der Waals surface area contributed by atoms with Crippen LogP contribution in [-0.2, 0) is 5.41 Å². The zero-order chi connectivity index (χ0) is 13.3. The summed E-state index contributed by atoms with van der Waals surface area (Å²) >= 11 is 0. The molecular weight excluding hydrogens is 194 g/mol. The van der Waals surface area contributed by atoms with Gasteiger partial charge in [0.1, 0.15) is 0 Å². The molecule has 0 radical (unpaired) electrons. The third-order valence-corrected chi connectivity index (χ3v) is 2.52. The lowest BCUT2D eigenvalue weighted by Crippen LogP contribution is -2.10. The maximum absolute atomic E-state index is 7.97. The molecule has 2 rings (SSSR count). The predicted octanol–water partition coefficient (Wildman–Crippen LogP) is 4.05. The Kier molecular flexibility index (Phi) is 2.18. The maximum Gasteiger partial charge on any atom is 0.0702 e. The molecule has 82 valence electrons. The van der Waals surface area contributed by atoms with Crippen molar-refractivity contribution in [3.05, 3.63) is 54.2 Å². The Hall–Kier alpha value is -1.63. The van der Waals surface area contributed by atoms with E-state index in [4.69, 9.17) is 2.74 Å². The quantitative estimate of drug-likeness (QED) is 0.696. The van der Waals surface area contributed by atoms with Crippen LogP contribution >= 0.6 is 0 Å². The number of pyridine rings is 1. The second kappa shape index (κ2) is 4.09. The summed E-state index contributed by atoms with van der Waals surface area (Å²) < 4.78 is 15.4. The molecule has 0 unspecified atom stereocenters. The Labute approximate surface area is 100.0 Å². The van der Waals surface area contributed by atoms with Gasteiger partial charge in [-0.25, -0.2) is 0 Å². The Bertz CT molecular complexity index is 554. The van der Waals surface area contributed by atoms with E-state index >= 15 is 0 Å². The maximum atomic E-state index is 7.97. The highest BCUT2D eigenvalue weighted by atomic mass is 14.7. The van der Waals surface area contributed by atoms with E-state index in [1.807, 2.05) is 24.3 Å². The molecule has 0 aliphatic carbocycles. The first-order chi connectivity index (χ1) is 8.38. The molecule has 0 saturated carbocycles. The molecule has 1 heteroatoms. The summed E-state index contributed by atoms with van der Waals surface area (Å²) in [6, 6.07) is 10.3. The minimum atomic E-state index is -0.0531. The van der Waals surface area contributed by atoms with Gasteiger partial charge in [0, 0.05) is 11.8 Å². The van der Waals surface area contributed by atoms with Crippen LogP contribution in [0.4, 0.5) is 0 Å². The summed E-state index contributed by atoms with van der Waals surface area (Å²) in [5.41, 5.74) is 2.80. The highest BCUT2D eigenvalue weighted by molar-refractivity contribution is 5.60. The van der Waals surface area contributed by atoms with Gasteiger partial charge >= 0.3 is 0 Å². The summed E-state index contributed by atoms with van der Waals surface area (Å²) in [6.45, 7) is 6.31. The molecule has 0 atom stereocenters. The van der Waals surface area contributed by atoms with E-state index in [1.165, 1.54) is 0 Å². The van der Waals surface area contributed by atoms with Crippen LogP contribution < -0.4 is 0 Å². The summed E-state index contributed by atoms with van der Waals surface area (Å²) in [5.74, 6) is 0. The standard InChI is InChI=1S/C15H17N/c1-15(2,3)13-8-6-7-12(11-13)14-9-4-5-10-16-14/h4-11H,1-3H3/i5D,8D. The fraction of sp³-hybridized carbons (Fsp3) is 0.267. The molecule has 1 nitrogen and oxygen atoms in total. The summed E-state index contributed by atoms with van der Waals surface area (Å²) in [6.07, 6.45) is 1.54. The second-order valence-corrected chi connectivity index (χ2v) is 4.88. The molecule has 1 heterocycles. The molecule has 0 amide bonds. The largest absolute Gasteiger partial charge is 0.256 e. The molecular formula is C15H17N. The van der Waals surface area contributed by atoms with E-state index in [0.29, 0.717) is 12.1 Å². The summed E-state index contributed by atoms with van der Waals surface area (Å²) in [5, 5.41) is 0. The van der Waals surface area contributed by atoms with Crippen LogP contribution in [0.1, 0.15) is 29.1 Å². The van der Waals surface area contributed by atoms with Gasteiger partial charge in [0.2, 0.25) is 0 Å². The third-order valence-electron chi connectivity index (χ3n) is 2.52. The lowest BCUT2D eigenvalue weighted by Gasteiger charge is -2.19. The number of benzene rings is 1. The van der Waals surface area contributed by atoms with Crippen LogP contribution in [0, 0.1) is 0 Å². The Morgan fingerprint density at radius 2 is 2.00 bits per heavy atom. The molecule has 1 aromatic heterocycles. The van der Waals surface area contributed by atoms with Crippen molar-refractivity contribution in [1.29, 1.82) is 0 Å². The van der Waals surface area contributed by atoms with E-state index in [2.05, 4.69) is 25.8 Å². The van der Waals surface area contributed by atoms with Crippen LogP contribution in [0.25, 0.3) is 11.3 Å². The van der Waals surface area contributed by atoms with Gasteiger partial charge in [0.25, 0.3) is 0 Å². The first-order valence-electron chi connectivity index (χ1n) is 6.42. The summed E-state index contributed by atoms with van der Waals surface area (Å²) in [4.78, 5) is 4.25. The van der Waals surface area contributed by atoms with Crippen molar-refractivity contribution in [2.45, 2.75) is 26.2 Å². The SMILES string of the molecule is [2H]c1ccc(-c2ccc([2H])c(C(C)(C)C)c2)nc1. The van der Waals surface area contributed by atoms with Crippen molar-refractivity contribution < 1.29 is 2.74 Å². The fourth-order valence-corrected chi connectivity index (χ4v) is 1.55. The fourth-order valence-electron chi connectivity index (χ4n) is 1.55. The number of hydrogen-bond acceptors (Lipinski definition) is 1. The molecule has 16 heavy (non-hydrogen) atoms. The van der Waals surface area contributed by atoms with E-state index < -0.39 is 0 Å². The predicted molar refractivity (Wildman–Crippen MR) is 68.4 cm³/mol. The van der Waals surface area contributed by atoms with E-state index in [-0.39, 0.29) is 5.41 Å². The highest BCUT2D eigenvalue weighted by Gasteiger charge is 2.13. The van der Waals surface area contributed by atoms with Gasteiger partial charge in [-0.2, -0.15) is 0 Å². The molecule has 2 aromatic rings. The Morgan fingerprint density at radius 1 is 1.19 bits per heavy atom. The minimum absolute atomic E-state index is 0.0531. The van der Waals surface area contributed by atoms with Crippen molar-refractivity contribution in [2.75, 3.05) is 0 Å². The monoisotopic (exact) mass is 213 g/mol. The number of aromatic nitrogens is 1. The zero-order valence-corrected chi connectivity index (χ0v) is 9.91. The molecule has 0 N–H and O–H groups in total. The average Bonchev–Trinajstić information content (AvgIpc) is 2.29. The average molecular weight is 213 g/mol. The van der Waals surface area contributed by atoms with Crippen LogP contribution in [0.2, 0.25) is 0 Å². The second-order valence-electron chi connectivity index (χ2n) is 4.88.